The maximum atomic E-state index is 11.5. The lowest BCUT2D eigenvalue weighted by atomic mass is 10.1. The fourth-order valence-corrected chi connectivity index (χ4v) is 2.26. The van der Waals surface area contributed by atoms with Gasteiger partial charge in [0, 0.05) is 10.9 Å². The van der Waals surface area contributed by atoms with E-state index in [1.54, 1.807) is 6.33 Å². The summed E-state index contributed by atoms with van der Waals surface area (Å²) in [7, 11) is 0. The van der Waals surface area contributed by atoms with Crippen LogP contribution in [0.5, 0.6) is 0 Å². The second-order valence-electron chi connectivity index (χ2n) is 5.57. The molecule has 3 rings (SSSR count). The number of nitrogens with zero attached hydrogens (tertiary/aromatic N) is 3. The van der Waals surface area contributed by atoms with Crippen molar-refractivity contribution < 1.29 is 0 Å². The highest BCUT2D eigenvalue weighted by atomic mass is 16.1. The molecule has 0 bridgehead atoms. The lowest BCUT2D eigenvalue weighted by Gasteiger charge is -2.21. The van der Waals surface area contributed by atoms with Crippen molar-refractivity contribution in [2.75, 3.05) is 5.73 Å². The van der Waals surface area contributed by atoms with Gasteiger partial charge in [-0.3, -0.25) is 0 Å². The molecule has 19 heavy (non-hydrogen) atoms. The summed E-state index contributed by atoms with van der Waals surface area (Å²) in [6.07, 6.45) is 1.78. The summed E-state index contributed by atoms with van der Waals surface area (Å²) < 4.78 is 2.07. The number of aromatic amines is 1. The molecule has 0 fully saturated rings. The van der Waals surface area contributed by atoms with Gasteiger partial charge in [-0.25, -0.2) is 9.78 Å². The fraction of sp³-hybridized carbons (Fsp3) is 0.308. The first-order valence-corrected chi connectivity index (χ1v) is 6.04. The molecular formula is C13H15N5O. The number of H-pyrrole nitrogens is 1. The first kappa shape index (κ1) is 11.7. The maximum absolute atomic E-state index is 11.5. The van der Waals surface area contributed by atoms with Gasteiger partial charge < -0.3 is 15.3 Å². The maximum Gasteiger partial charge on any atom is 0.347 e. The minimum Gasteiger partial charge on any atom is -0.383 e. The molecule has 2 aromatic heterocycles. The van der Waals surface area contributed by atoms with E-state index in [0.717, 1.165) is 11.0 Å². The van der Waals surface area contributed by atoms with Crippen LogP contribution in [0.25, 0.3) is 21.9 Å². The molecule has 0 spiro atoms. The summed E-state index contributed by atoms with van der Waals surface area (Å²) in [4.78, 5) is 22.3. The van der Waals surface area contributed by atoms with Crippen LogP contribution in [-0.2, 0) is 5.54 Å². The molecule has 3 aromatic rings. The Labute approximate surface area is 109 Å². The predicted molar refractivity (Wildman–Crippen MR) is 75.1 cm³/mol. The Bertz CT molecular complexity index is 838. The molecule has 2 heterocycles. The van der Waals surface area contributed by atoms with Crippen molar-refractivity contribution >= 4 is 27.8 Å². The van der Waals surface area contributed by atoms with Gasteiger partial charge in [0.05, 0.1) is 17.4 Å². The number of aromatic nitrogens is 4. The first-order valence-electron chi connectivity index (χ1n) is 6.04. The number of anilines is 1. The summed E-state index contributed by atoms with van der Waals surface area (Å²) in [5.74, 6) is 0.228. The number of nitrogens with one attached hydrogen (secondary N) is 1. The molecular weight excluding hydrogens is 242 g/mol. The van der Waals surface area contributed by atoms with Gasteiger partial charge in [-0.2, -0.15) is 4.98 Å². The van der Waals surface area contributed by atoms with Crippen LogP contribution in [0, 0.1) is 0 Å². The summed E-state index contributed by atoms with van der Waals surface area (Å²) in [6.45, 7) is 6.30. The van der Waals surface area contributed by atoms with Crippen molar-refractivity contribution in [3.63, 3.8) is 0 Å². The Hall–Kier alpha value is -2.37. The van der Waals surface area contributed by atoms with E-state index in [0.29, 0.717) is 10.9 Å². The van der Waals surface area contributed by atoms with E-state index in [2.05, 4.69) is 40.3 Å². The van der Waals surface area contributed by atoms with Gasteiger partial charge in [0.1, 0.15) is 11.3 Å². The molecule has 0 aliphatic carbocycles. The molecule has 98 valence electrons. The molecule has 6 nitrogen and oxygen atoms in total. The lowest BCUT2D eigenvalue weighted by molar-refractivity contribution is 0.408. The SMILES string of the molecule is CC(C)(C)n1cnc2c3[nH]c(=O)nc(N)c3ccc21. The molecule has 0 saturated carbocycles. The standard InChI is InChI=1S/C13H15N5O/c1-13(2,3)18-6-15-10-8(18)5-4-7-9(10)16-12(19)17-11(7)14/h4-6H,1-3H3,(H3,14,16,17,19). The third kappa shape index (κ3) is 1.68. The lowest BCUT2D eigenvalue weighted by Crippen LogP contribution is -2.20. The zero-order valence-corrected chi connectivity index (χ0v) is 11.1. The van der Waals surface area contributed by atoms with E-state index >= 15 is 0 Å². The van der Waals surface area contributed by atoms with Crippen LogP contribution in [-0.4, -0.2) is 19.5 Å². The first-order chi connectivity index (χ1) is 8.88. The van der Waals surface area contributed by atoms with Crippen LogP contribution in [0.4, 0.5) is 5.82 Å². The molecule has 0 aliphatic rings. The quantitative estimate of drug-likeness (QED) is 0.640. The Balaban J connectivity index is 2.49. The van der Waals surface area contributed by atoms with E-state index < -0.39 is 5.69 Å². The van der Waals surface area contributed by atoms with Gasteiger partial charge in [-0.15, -0.1) is 0 Å². The van der Waals surface area contributed by atoms with Crippen LogP contribution in [0.1, 0.15) is 20.8 Å². The summed E-state index contributed by atoms with van der Waals surface area (Å²) in [5.41, 5.74) is 7.57. The average Bonchev–Trinajstić information content (AvgIpc) is 2.72. The van der Waals surface area contributed by atoms with E-state index in [9.17, 15) is 4.79 Å². The van der Waals surface area contributed by atoms with E-state index in [1.807, 2.05) is 12.1 Å². The van der Waals surface area contributed by atoms with E-state index in [4.69, 9.17) is 5.73 Å². The number of hydrogen-bond donors (Lipinski definition) is 2. The van der Waals surface area contributed by atoms with Gasteiger partial charge in [-0.05, 0) is 32.9 Å². The zero-order valence-electron chi connectivity index (χ0n) is 11.1. The highest BCUT2D eigenvalue weighted by molar-refractivity contribution is 6.05. The van der Waals surface area contributed by atoms with Gasteiger partial charge in [0.15, 0.2) is 0 Å². The van der Waals surface area contributed by atoms with Crippen molar-refractivity contribution in [1.29, 1.82) is 0 Å². The topological polar surface area (TPSA) is 89.6 Å². The van der Waals surface area contributed by atoms with Crippen LogP contribution in [0.3, 0.4) is 0 Å². The van der Waals surface area contributed by atoms with Crippen LogP contribution in [0.15, 0.2) is 23.3 Å². The molecule has 0 aliphatic heterocycles. The summed E-state index contributed by atoms with van der Waals surface area (Å²) in [6, 6.07) is 3.81. The molecule has 1 aromatic carbocycles. The van der Waals surface area contributed by atoms with Gasteiger partial charge in [0.2, 0.25) is 0 Å². The molecule has 6 heteroatoms. The predicted octanol–water partition coefficient (Wildman–Crippen LogP) is 1.61. The van der Waals surface area contributed by atoms with Crippen molar-refractivity contribution in [2.45, 2.75) is 26.3 Å². The van der Waals surface area contributed by atoms with Crippen molar-refractivity contribution in [3.8, 4) is 0 Å². The Kier molecular flexibility index (Phi) is 2.20. The second-order valence-corrected chi connectivity index (χ2v) is 5.57. The molecule has 0 unspecified atom stereocenters. The summed E-state index contributed by atoms with van der Waals surface area (Å²) >= 11 is 0. The average molecular weight is 257 g/mol. The number of nitrogens with two attached hydrogens (primary N) is 1. The number of fused-ring (bicyclic) bond motifs is 3. The number of nitrogen functional groups attached to an aromatic ring is 1. The van der Waals surface area contributed by atoms with Crippen LogP contribution in [0.2, 0.25) is 0 Å². The summed E-state index contributed by atoms with van der Waals surface area (Å²) in [5, 5.41) is 0.714. The monoisotopic (exact) mass is 257 g/mol. The Morgan fingerprint density at radius 2 is 2.05 bits per heavy atom. The third-order valence-corrected chi connectivity index (χ3v) is 3.17. The molecule has 0 atom stereocenters. The molecule has 0 saturated heterocycles. The number of imidazole rings is 1. The van der Waals surface area contributed by atoms with Gasteiger partial charge >= 0.3 is 5.69 Å². The van der Waals surface area contributed by atoms with E-state index in [-0.39, 0.29) is 11.4 Å². The minimum absolute atomic E-state index is 0.0820. The van der Waals surface area contributed by atoms with Gasteiger partial charge in [0.25, 0.3) is 0 Å². The minimum atomic E-state index is -0.456. The number of hydrogen-bond acceptors (Lipinski definition) is 4. The van der Waals surface area contributed by atoms with Crippen LogP contribution >= 0.6 is 0 Å². The zero-order chi connectivity index (χ0) is 13.8. The Morgan fingerprint density at radius 1 is 1.32 bits per heavy atom. The molecule has 0 amide bonds. The number of benzene rings is 1. The van der Waals surface area contributed by atoms with Crippen LogP contribution < -0.4 is 11.4 Å². The smallest absolute Gasteiger partial charge is 0.347 e. The van der Waals surface area contributed by atoms with Gasteiger partial charge in [-0.1, -0.05) is 0 Å². The fourth-order valence-electron chi connectivity index (χ4n) is 2.26. The second kappa shape index (κ2) is 3.57. The van der Waals surface area contributed by atoms with Crippen molar-refractivity contribution in [1.82, 2.24) is 19.5 Å². The van der Waals surface area contributed by atoms with E-state index in [1.165, 1.54) is 0 Å². The Morgan fingerprint density at radius 3 is 2.74 bits per heavy atom. The third-order valence-electron chi connectivity index (χ3n) is 3.17. The molecule has 3 N–H and O–H groups in total. The molecule has 0 radical (unpaired) electrons. The number of rotatable bonds is 0. The normalized spacial score (nSPS) is 12.4. The van der Waals surface area contributed by atoms with Crippen molar-refractivity contribution in [3.05, 3.63) is 28.9 Å². The highest BCUT2D eigenvalue weighted by Crippen LogP contribution is 2.27. The highest BCUT2D eigenvalue weighted by Gasteiger charge is 2.18. The largest absolute Gasteiger partial charge is 0.383 e. The van der Waals surface area contributed by atoms with Crippen molar-refractivity contribution in [2.24, 2.45) is 0 Å².